The molecule has 0 amide bonds. The molecule has 4 aromatic rings. The van der Waals surface area contributed by atoms with E-state index in [-0.39, 0.29) is 0 Å². The first-order valence-corrected chi connectivity index (χ1v) is 12.4. The van der Waals surface area contributed by atoms with E-state index in [1.54, 1.807) is 27.4 Å². The second-order valence-electron chi connectivity index (χ2n) is 8.71. The van der Waals surface area contributed by atoms with Crippen molar-refractivity contribution in [3.63, 3.8) is 0 Å². The van der Waals surface area contributed by atoms with E-state index < -0.39 is 0 Å². The molecular formula is C30H23Zr-. The van der Waals surface area contributed by atoms with Crippen molar-refractivity contribution < 1.29 is 24.2 Å². The summed E-state index contributed by atoms with van der Waals surface area (Å²) in [6, 6.07) is 26.1. The molecule has 7 rings (SSSR count). The molecule has 0 heterocycles. The Morgan fingerprint density at radius 3 is 2.26 bits per heavy atom. The smallest absolute Gasteiger partial charge is 0.00901 e. The van der Waals surface area contributed by atoms with E-state index in [2.05, 4.69) is 85.0 Å². The van der Waals surface area contributed by atoms with Crippen LogP contribution in [0.3, 0.4) is 0 Å². The van der Waals surface area contributed by atoms with Crippen molar-refractivity contribution in [3.8, 4) is 11.1 Å². The molecule has 1 fully saturated rings. The third-order valence-corrected chi connectivity index (χ3v) is 7.96. The van der Waals surface area contributed by atoms with E-state index in [0.717, 1.165) is 12.8 Å². The molecule has 0 unspecified atom stereocenters. The maximum atomic E-state index is 3.77. The van der Waals surface area contributed by atoms with Crippen LogP contribution in [0.1, 0.15) is 42.4 Å². The van der Waals surface area contributed by atoms with Gasteiger partial charge in [0.25, 0.3) is 0 Å². The van der Waals surface area contributed by atoms with Crippen LogP contribution in [0.2, 0.25) is 0 Å². The molecule has 3 aliphatic carbocycles. The molecule has 3 aliphatic rings. The summed E-state index contributed by atoms with van der Waals surface area (Å²) in [4.78, 5) is 0. The number of benzene rings is 4. The molecular weight excluding hydrogens is 452 g/mol. The summed E-state index contributed by atoms with van der Waals surface area (Å²) in [6.07, 6.45) is 13.0. The van der Waals surface area contributed by atoms with Crippen LogP contribution in [-0.2, 0) is 30.7 Å². The van der Waals surface area contributed by atoms with Crippen LogP contribution in [-0.4, -0.2) is 3.21 Å². The summed E-state index contributed by atoms with van der Waals surface area (Å²) < 4.78 is 1.78. The Morgan fingerprint density at radius 1 is 0.774 bits per heavy atom. The van der Waals surface area contributed by atoms with Gasteiger partial charge in [0.1, 0.15) is 0 Å². The second kappa shape index (κ2) is 7.96. The normalized spacial score (nSPS) is 15.8. The third kappa shape index (κ3) is 3.44. The van der Waals surface area contributed by atoms with Gasteiger partial charge in [-0.05, 0) is 34.7 Å². The minimum atomic E-state index is 1.01. The van der Waals surface area contributed by atoms with E-state index in [9.17, 15) is 0 Å². The van der Waals surface area contributed by atoms with E-state index in [1.807, 2.05) is 0 Å². The fraction of sp³-hybridized carbons (Fsp3) is 0.167. The molecule has 0 spiro atoms. The minimum absolute atomic E-state index is 1.01. The van der Waals surface area contributed by atoms with Gasteiger partial charge in [0.2, 0.25) is 0 Å². The number of rotatable bonds is 1. The molecule has 0 nitrogen and oxygen atoms in total. The molecule has 4 aromatic carbocycles. The van der Waals surface area contributed by atoms with Crippen molar-refractivity contribution in [3.05, 3.63) is 102 Å². The Labute approximate surface area is 198 Å². The summed E-state index contributed by atoms with van der Waals surface area (Å²) in [6.45, 7) is 0. The average Bonchev–Trinajstić information content (AvgIpc) is 3.46. The summed E-state index contributed by atoms with van der Waals surface area (Å²) in [5, 5.41) is 5.22. The van der Waals surface area contributed by atoms with Gasteiger partial charge in [-0.15, -0.1) is 34.7 Å². The number of allylic oxidation sites excluding steroid dienone is 4. The fourth-order valence-electron chi connectivity index (χ4n) is 4.87. The van der Waals surface area contributed by atoms with Gasteiger partial charge in [-0.25, -0.2) is 0 Å². The zero-order valence-electron chi connectivity index (χ0n) is 17.5. The summed E-state index contributed by atoms with van der Waals surface area (Å²) in [5.41, 5.74) is 8.26. The second-order valence-corrected chi connectivity index (χ2v) is 10.5. The van der Waals surface area contributed by atoms with Crippen LogP contribution < -0.4 is 0 Å². The van der Waals surface area contributed by atoms with E-state index in [0.29, 0.717) is 0 Å². The maximum Gasteiger partial charge on any atom is -0.00901 e. The first-order valence-electron chi connectivity index (χ1n) is 11.2. The van der Waals surface area contributed by atoms with Crippen molar-refractivity contribution in [1.29, 1.82) is 0 Å². The van der Waals surface area contributed by atoms with Gasteiger partial charge in [-0.3, -0.25) is 0 Å². The standard InChI is InChI=1S/C26H17.C4H6.Zr/c1-2-6-17(5-1)20-12-9-19-11-14-22-15-21-13-10-18-7-3-4-8-23(18)25(21)26(22)24(19)16-20;1-2-4-3-1;/h1-5,7-14H,6,15H2;1-3H2;/q-1;;. The van der Waals surface area contributed by atoms with Crippen LogP contribution in [0.4, 0.5) is 0 Å². The number of hydrogen-bond donors (Lipinski definition) is 0. The topological polar surface area (TPSA) is 0 Å². The monoisotopic (exact) mass is 473 g/mol. The molecule has 1 heteroatoms. The van der Waals surface area contributed by atoms with Crippen LogP contribution in [0.15, 0.2) is 78.9 Å². The molecule has 1 saturated carbocycles. The molecule has 0 atom stereocenters. The first kappa shape index (κ1) is 19.3. The average molecular weight is 475 g/mol. The Hall–Kier alpha value is -2.37. The largest absolute Gasteiger partial charge is 0.125 e. The van der Waals surface area contributed by atoms with Crippen molar-refractivity contribution in [2.75, 3.05) is 0 Å². The van der Waals surface area contributed by atoms with Crippen molar-refractivity contribution >= 4 is 30.3 Å². The number of fused-ring (bicyclic) bond motifs is 7. The molecule has 31 heavy (non-hydrogen) atoms. The minimum Gasteiger partial charge on any atom is -0.125 e. The van der Waals surface area contributed by atoms with E-state index in [4.69, 9.17) is 0 Å². The molecule has 0 radical (unpaired) electrons. The molecule has 0 N–H and O–H groups in total. The van der Waals surface area contributed by atoms with Crippen LogP contribution in [0.5, 0.6) is 0 Å². The zero-order valence-corrected chi connectivity index (χ0v) is 20.0. The molecule has 0 bridgehead atoms. The Bertz CT molecular complexity index is 1410. The van der Waals surface area contributed by atoms with E-state index in [1.165, 1.54) is 74.2 Å². The molecule has 0 aromatic heterocycles. The van der Waals surface area contributed by atoms with Crippen LogP contribution in [0.25, 0.3) is 38.2 Å². The Balaban J connectivity index is 0.000000329. The van der Waals surface area contributed by atoms with Gasteiger partial charge in [0.05, 0.1) is 0 Å². The predicted molar refractivity (Wildman–Crippen MR) is 129 cm³/mol. The first-order chi connectivity index (χ1) is 15.3. The van der Waals surface area contributed by atoms with Crippen molar-refractivity contribution in [2.45, 2.75) is 32.1 Å². The van der Waals surface area contributed by atoms with Gasteiger partial charge in [0.15, 0.2) is 0 Å². The SMILES string of the molecule is [Zr]=[C]1CCC1.[c-]1c(C2=CC=CC2)ccc2ccc3c(c12)-c1c(ccc2ccccc12)C3. The van der Waals surface area contributed by atoms with Gasteiger partial charge in [-0.1, -0.05) is 83.3 Å². The fourth-order valence-corrected chi connectivity index (χ4v) is 5.74. The van der Waals surface area contributed by atoms with Crippen molar-refractivity contribution in [2.24, 2.45) is 0 Å². The molecule has 0 saturated heterocycles. The van der Waals surface area contributed by atoms with Crippen molar-refractivity contribution in [1.82, 2.24) is 0 Å². The third-order valence-electron chi connectivity index (χ3n) is 6.73. The van der Waals surface area contributed by atoms with Crippen LogP contribution in [0, 0.1) is 6.07 Å². The van der Waals surface area contributed by atoms with Gasteiger partial charge < -0.3 is 0 Å². The number of hydrogen-bond acceptors (Lipinski definition) is 0. The van der Waals surface area contributed by atoms with Crippen LogP contribution >= 0.6 is 0 Å². The van der Waals surface area contributed by atoms with E-state index >= 15 is 0 Å². The van der Waals surface area contributed by atoms with Gasteiger partial charge in [-0.2, -0.15) is 0 Å². The Kier molecular flexibility index (Phi) is 4.96. The maximum absolute atomic E-state index is 3.77. The molecule has 0 aliphatic heterocycles. The predicted octanol–water partition coefficient (Wildman–Crippen LogP) is 7.60. The molecule has 148 valence electrons. The quantitative estimate of drug-likeness (QED) is 0.219. The summed E-state index contributed by atoms with van der Waals surface area (Å²) >= 11 is 1.67. The summed E-state index contributed by atoms with van der Waals surface area (Å²) in [7, 11) is 0. The summed E-state index contributed by atoms with van der Waals surface area (Å²) in [5.74, 6) is 0. The van der Waals surface area contributed by atoms with Gasteiger partial charge in [0, 0.05) is 0 Å². The Morgan fingerprint density at radius 2 is 1.52 bits per heavy atom. The van der Waals surface area contributed by atoms with Gasteiger partial charge >= 0.3 is 46.7 Å². The zero-order chi connectivity index (χ0) is 20.8.